The van der Waals surface area contributed by atoms with Crippen molar-refractivity contribution in [2.75, 3.05) is 19.0 Å². The number of thioether (sulfide) groups is 2. The standard InChI is InChI=1S/C18H14BrN3OS2/c1-21-13-5-3-4-6-14(13)24-17(21)15-16(23)22(2)18(25-15)20-12-9-7-11(19)8-10-12/h3-10H,1-2H3. The van der Waals surface area contributed by atoms with E-state index in [1.165, 1.54) is 16.7 Å². The van der Waals surface area contributed by atoms with Crippen LogP contribution < -0.4 is 4.90 Å². The maximum atomic E-state index is 12.8. The number of carbonyl (C=O) groups is 1. The van der Waals surface area contributed by atoms with Gasteiger partial charge >= 0.3 is 0 Å². The van der Waals surface area contributed by atoms with Crippen LogP contribution in [-0.4, -0.2) is 30.1 Å². The number of likely N-dealkylation sites (N-methyl/N-ethyl adjacent to an activating group) is 1. The minimum absolute atomic E-state index is 0.0111. The van der Waals surface area contributed by atoms with E-state index in [1.54, 1.807) is 23.7 Å². The molecule has 126 valence electrons. The van der Waals surface area contributed by atoms with Crippen LogP contribution in [0.25, 0.3) is 0 Å². The van der Waals surface area contributed by atoms with Gasteiger partial charge < -0.3 is 4.90 Å². The fourth-order valence-corrected chi connectivity index (χ4v) is 5.20. The Morgan fingerprint density at radius 2 is 1.68 bits per heavy atom. The first-order chi connectivity index (χ1) is 12.0. The van der Waals surface area contributed by atoms with Gasteiger partial charge in [-0.25, -0.2) is 4.99 Å². The second kappa shape index (κ2) is 6.55. The lowest BCUT2D eigenvalue weighted by atomic mass is 10.3. The topological polar surface area (TPSA) is 35.9 Å². The lowest BCUT2D eigenvalue weighted by molar-refractivity contribution is -0.121. The Morgan fingerprint density at radius 3 is 2.40 bits per heavy atom. The Kier molecular flexibility index (Phi) is 4.39. The van der Waals surface area contributed by atoms with Crippen LogP contribution >= 0.6 is 39.5 Å². The smallest absolute Gasteiger partial charge is 0.269 e. The Bertz CT molecular complexity index is 924. The molecule has 7 heteroatoms. The molecule has 0 radical (unpaired) electrons. The average Bonchev–Trinajstić information content (AvgIpc) is 3.09. The van der Waals surface area contributed by atoms with Crippen molar-refractivity contribution >= 4 is 61.9 Å². The summed E-state index contributed by atoms with van der Waals surface area (Å²) >= 11 is 6.48. The first-order valence-corrected chi connectivity index (χ1v) is 10.0. The molecular formula is C18H14BrN3OS2. The molecule has 1 amide bonds. The first-order valence-electron chi connectivity index (χ1n) is 7.59. The van der Waals surface area contributed by atoms with E-state index in [4.69, 9.17) is 0 Å². The van der Waals surface area contributed by atoms with Crippen molar-refractivity contribution < 1.29 is 4.79 Å². The predicted molar refractivity (Wildman–Crippen MR) is 109 cm³/mol. The lowest BCUT2D eigenvalue weighted by Gasteiger charge is -2.14. The number of aliphatic imine (C=N–C) groups is 1. The molecule has 2 aromatic rings. The number of fused-ring (bicyclic) bond motifs is 1. The number of rotatable bonds is 1. The quantitative estimate of drug-likeness (QED) is 0.591. The minimum atomic E-state index is -0.0111. The Morgan fingerprint density at radius 1 is 0.960 bits per heavy atom. The highest BCUT2D eigenvalue weighted by Gasteiger charge is 2.37. The van der Waals surface area contributed by atoms with Crippen molar-refractivity contribution in [3.8, 4) is 0 Å². The third-order valence-electron chi connectivity index (χ3n) is 3.96. The van der Waals surface area contributed by atoms with Gasteiger partial charge in [-0.15, -0.1) is 0 Å². The number of para-hydroxylation sites is 1. The molecule has 0 spiro atoms. The maximum absolute atomic E-state index is 12.8. The highest BCUT2D eigenvalue weighted by molar-refractivity contribution is 9.10. The Labute approximate surface area is 163 Å². The van der Waals surface area contributed by atoms with Crippen molar-refractivity contribution in [1.29, 1.82) is 0 Å². The molecule has 0 aliphatic carbocycles. The zero-order valence-corrected chi connectivity index (χ0v) is 16.8. The van der Waals surface area contributed by atoms with Crippen LogP contribution in [-0.2, 0) is 4.79 Å². The molecular weight excluding hydrogens is 418 g/mol. The summed E-state index contributed by atoms with van der Waals surface area (Å²) < 4.78 is 1.00. The van der Waals surface area contributed by atoms with Crippen molar-refractivity contribution in [3.05, 3.63) is 62.9 Å². The average molecular weight is 432 g/mol. The second-order valence-electron chi connectivity index (χ2n) is 5.60. The maximum Gasteiger partial charge on any atom is 0.269 e. The number of amidine groups is 1. The molecule has 1 saturated heterocycles. The van der Waals surface area contributed by atoms with Crippen molar-refractivity contribution in [2.45, 2.75) is 4.90 Å². The summed E-state index contributed by atoms with van der Waals surface area (Å²) in [6, 6.07) is 15.9. The molecule has 2 aliphatic heterocycles. The molecule has 2 heterocycles. The molecule has 2 aliphatic rings. The number of halogens is 1. The zero-order valence-electron chi connectivity index (χ0n) is 13.6. The van der Waals surface area contributed by atoms with Gasteiger partial charge in [0.1, 0.15) is 4.91 Å². The van der Waals surface area contributed by atoms with E-state index in [1.807, 2.05) is 43.4 Å². The van der Waals surface area contributed by atoms with Gasteiger partial charge in [-0.2, -0.15) is 0 Å². The van der Waals surface area contributed by atoms with Crippen molar-refractivity contribution in [1.82, 2.24) is 4.90 Å². The van der Waals surface area contributed by atoms with E-state index in [-0.39, 0.29) is 5.91 Å². The van der Waals surface area contributed by atoms with E-state index >= 15 is 0 Å². The van der Waals surface area contributed by atoms with Gasteiger partial charge in [-0.05, 0) is 48.2 Å². The number of nitrogens with zero attached hydrogens (tertiary/aromatic N) is 3. The monoisotopic (exact) mass is 431 g/mol. The summed E-state index contributed by atoms with van der Waals surface area (Å²) in [7, 11) is 3.77. The molecule has 0 unspecified atom stereocenters. The second-order valence-corrected chi connectivity index (χ2v) is 8.52. The highest BCUT2D eigenvalue weighted by Crippen LogP contribution is 2.49. The molecule has 0 atom stereocenters. The molecule has 0 aromatic heterocycles. The van der Waals surface area contributed by atoms with Gasteiger partial charge in [0.15, 0.2) is 5.17 Å². The summed E-state index contributed by atoms with van der Waals surface area (Å²) in [5, 5.41) is 1.66. The van der Waals surface area contributed by atoms with Gasteiger partial charge in [0.05, 0.1) is 16.4 Å². The van der Waals surface area contributed by atoms with E-state index < -0.39 is 0 Å². The number of anilines is 1. The fraction of sp³-hybridized carbons (Fsp3) is 0.111. The van der Waals surface area contributed by atoms with E-state index in [2.05, 4.69) is 38.0 Å². The van der Waals surface area contributed by atoms with Crippen molar-refractivity contribution in [3.63, 3.8) is 0 Å². The van der Waals surface area contributed by atoms with Gasteiger partial charge in [0, 0.05) is 23.5 Å². The summed E-state index contributed by atoms with van der Waals surface area (Å²) in [6.45, 7) is 0. The number of benzene rings is 2. The molecule has 4 nitrogen and oxygen atoms in total. The molecule has 0 saturated carbocycles. The number of amides is 1. The summed E-state index contributed by atoms with van der Waals surface area (Å²) in [5.74, 6) is -0.0111. The van der Waals surface area contributed by atoms with Crippen LogP contribution in [0.2, 0.25) is 0 Å². The van der Waals surface area contributed by atoms with Crippen LogP contribution in [0, 0.1) is 0 Å². The Hall–Kier alpha value is -1.70. The molecule has 4 rings (SSSR count). The summed E-state index contributed by atoms with van der Waals surface area (Å²) in [5.41, 5.74) is 1.96. The largest absolute Gasteiger partial charge is 0.337 e. The molecule has 1 fully saturated rings. The van der Waals surface area contributed by atoms with Crippen LogP contribution in [0.5, 0.6) is 0 Å². The number of carbonyl (C=O) groups excluding carboxylic acids is 1. The zero-order chi connectivity index (χ0) is 17.6. The van der Waals surface area contributed by atoms with Crippen LogP contribution in [0.3, 0.4) is 0 Å². The molecule has 25 heavy (non-hydrogen) atoms. The van der Waals surface area contributed by atoms with Crippen LogP contribution in [0.1, 0.15) is 0 Å². The number of hydrogen-bond donors (Lipinski definition) is 0. The van der Waals surface area contributed by atoms with Gasteiger partial charge in [-0.3, -0.25) is 9.69 Å². The first kappa shape index (κ1) is 16.8. The summed E-state index contributed by atoms with van der Waals surface area (Å²) in [6.07, 6.45) is 0. The normalized spacial score (nSPS) is 21.4. The molecule has 2 aromatic carbocycles. The fourth-order valence-electron chi connectivity index (χ4n) is 2.60. The van der Waals surface area contributed by atoms with Crippen LogP contribution in [0.15, 0.2) is 72.8 Å². The lowest BCUT2D eigenvalue weighted by Crippen LogP contribution is -2.24. The SMILES string of the molecule is CN1C(=O)C(=C2Sc3ccccc3N2C)SC1=Nc1ccc(Br)cc1. The van der Waals surface area contributed by atoms with E-state index in [0.29, 0.717) is 5.17 Å². The van der Waals surface area contributed by atoms with Gasteiger partial charge in [0.25, 0.3) is 5.91 Å². The molecule has 0 bridgehead atoms. The highest BCUT2D eigenvalue weighted by atomic mass is 79.9. The predicted octanol–water partition coefficient (Wildman–Crippen LogP) is 5.05. The van der Waals surface area contributed by atoms with E-state index in [0.717, 1.165) is 25.8 Å². The van der Waals surface area contributed by atoms with Gasteiger partial charge in [-0.1, -0.05) is 39.8 Å². The third-order valence-corrected chi connectivity index (χ3v) is 6.98. The number of hydrogen-bond acceptors (Lipinski definition) is 5. The third kappa shape index (κ3) is 3.01. The van der Waals surface area contributed by atoms with E-state index in [9.17, 15) is 4.79 Å². The summed E-state index contributed by atoms with van der Waals surface area (Å²) in [4.78, 5) is 23.0. The van der Waals surface area contributed by atoms with Gasteiger partial charge in [0.2, 0.25) is 0 Å². The minimum Gasteiger partial charge on any atom is -0.337 e. The van der Waals surface area contributed by atoms with Crippen molar-refractivity contribution in [2.24, 2.45) is 4.99 Å². The van der Waals surface area contributed by atoms with Crippen LogP contribution in [0.4, 0.5) is 11.4 Å². The molecule has 0 N–H and O–H groups in total. The Balaban J connectivity index is 1.69.